The van der Waals surface area contributed by atoms with Crippen molar-refractivity contribution < 1.29 is 14.3 Å². The number of aromatic nitrogens is 3. The predicted octanol–water partition coefficient (Wildman–Crippen LogP) is 2.30. The van der Waals surface area contributed by atoms with Crippen molar-refractivity contribution in [2.24, 2.45) is 5.73 Å². The summed E-state index contributed by atoms with van der Waals surface area (Å²) in [6, 6.07) is 9.55. The predicted molar refractivity (Wildman–Crippen MR) is 118 cm³/mol. The average Bonchev–Trinajstić information content (AvgIpc) is 2.79. The molecule has 0 radical (unpaired) electrons. The standard InChI is InChI=1S/C22H26N6O3/c1-14(19-13-28(22(23)29)10-11-30-19)31-21-20-18(24-8-9-25-20)12-17(26-21)15-4-6-16(7-5-15)27(2)3/h4-9,12,14,19H,10-11,13H2,1-3H3,(H2,23,29). The maximum Gasteiger partial charge on any atom is 0.314 e. The summed E-state index contributed by atoms with van der Waals surface area (Å²) in [5.41, 5.74) is 9.48. The average molecular weight is 422 g/mol. The number of hydrogen-bond donors (Lipinski definition) is 1. The zero-order valence-corrected chi connectivity index (χ0v) is 17.9. The summed E-state index contributed by atoms with van der Waals surface area (Å²) in [7, 11) is 4.00. The van der Waals surface area contributed by atoms with Crippen LogP contribution in [-0.2, 0) is 4.74 Å². The third-order valence-electron chi connectivity index (χ3n) is 5.33. The Labute approximate surface area is 180 Å². The normalized spacial score (nSPS) is 17.4. The first-order valence-electron chi connectivity index (χ1n) is 10.1. The number of primary amides is 1. The van der Waals surface area contributed by atoms with E-state index in [2.05, 4.69) is 9.97 Å². The lowest BCUT2D eigenvalue weighted by molar-refractivity contribution is -0.0640. The molecule has 2 unspecified atom stereocenters. The third kappa shape index (κ3) is 4.51. The van der Waals surface area contributed by atoms with Gasteiger partial charge in [-0.05, 0) is 25.1 Å². The number of ether oxygens (including phenoxy) is 2. The smallest absolute Gasteiger partial charge is 0.314 e. The van der Waals surface area contributed by atoms with Crippen LogP contribution in [0.15, 0.2) is 42.7 Å². The van der Waals surface area contributed by atoms with Gasteiger partial charge in [0, 0.05) is 44.3 Å². The molecule has 0 spiro atoms. The van der Waals surface area contributed by atoms with Gasteiger partial charge in [0.05, 0.1) is 24.4 Å². The summed E-state index contributed by atoms with van der Waals surface area (Å²) in [6.45, 7) is 3.14. The maximum atomic E-state index is 11.5. The quantitative estimate of drug-likeness (QED) is 0.672. The number of benzene rings is 1. The SMILES string of the molecule is CC(Oc1nc(-c2ccc(N(C)C)cc2)cc2nccnc12)C1CN(C(N)=O)CCO1. The van der Waals surface area contributed by atoms with Crippen molar-refractivity contribution in [2.45, 2.75) is 19.1 Å². The lowest BCUT2D eigenvalue weighted by Crippen LogP contribution is -2.52. The third-order valence-corrected chi connectivity index (χ3v) is 5.33. The second-order valence-corrected chi connectivity index (χ2v) is 7.69. The molecule has 4 rings (SSSR count). The van der Waals surface area contributed by atoms with Gasteiger partial charge in [-0.2, -0.15) is 0 Å². The highest BCUT2D eigenvalue weighted by Crippen LogP contribution is 2.29. The number of urea groups is 1. The number of carbonyl (C=O) groups excluding carboxylic acids is 1. The molecule has 1 saturated heterocycles. The van der Waals surface area contributed by atoms with Gasteiger partial charge in [-0.25, -0.2) is 14.8 Å². The van der Waals surface area contributed by atoms with Gasteiger partial charge < -0.3 is 25.0 Å². The zero-order valence-electron chi connectivity index (χ0n) is 17.9. The number of hydrogen-bond acceptors (Lipinski definition) is 7. The van der Waals surface area contributed by atoms with Crippen molar-refractivity contribution in [3.8, 4) is 17.1 Å². The molecule has 0 bridgehead atoms. The van der Waals surface area contributed by atoms with E-state index in [1.54, 1.807) is 17.3 Å². The van der Waals surface area contributed by atoms with E-state index in [0.29, 0.717) is 36.6 Å². The summed E-state index contributed by atoms with van der Waals surface area (Å²) in [6.07, 6.45) is 2.56. The van der Waals surface area contributed by atoms with Gasteiger partial charge in [0.25, 0.3) is 0 Å². The Hall–Kier alpha value is -3.46. The van der Waals surface area contributed by atoms with Crippen LogP contribution < -0.4 is 15.4 Å². The highest BCUT2D eigenvalue weighted by atomic mass is 16.5. The van der Waals surface area contributed by atoms with Gasteiger partial charge in [0.2, 0.25) is 5.88 Å². The molecule has 1 fully saturated rings. The van der Waals surface area contributed by atoms with Gasteiger partial charge in [-0.15, -0.1) is 0 Å². The molecule has 2 aromatic heterocycles. The molecule has 162 valence electrons. The van der Waals surface area contributed by atoms with E-state index in [-0.39, 0.29) is 12.2 Å². The fourth-order valence-corrected chi connectivity index (χ4v) is 3.52. The van der Waals surface area contributed by atoms with Gasteiger partial charge in [0.15, 0.2) is 5.52 Å². The first-order valence-corrected chi connectivity index (χ1v) is 10.1. The van der Waals surface area contributed by atoms with Crippen LogP contribution in [0.3, 0.4) is 0 Å². The van der Waals surface area contributed by atoms with Crippen LogP contribution in [0.25, 0.3) is 22.3 Å². The summed E-state index contributed by atoms with van der Waals surface area (Å²) in [4.78, 5) is 28.7. The Morgan fingerprint density at radius 2 is 2.00 bits per heavy atom. The lowest BCUT2D eigenvalue weighted by atomic mass is 10.1. The van der Waals surface area contributed by atoms with Gasteiger partial charge in [-0.1, -0.05) is 12.1 Å². The van der Waals surface area contributed by atoms with E-state index in [4.69, 9.17) is 20.2 Å². The largest absolute Gasteiger partial charge is 0.470 e. The molecule has 2 atom stereocenters. The van der Waals surface area contributed by atoms with Crippen LogP contribution in [0.4, 0.5) is 10.5 Å². The molecule has 0 aliphatic carbocycles. The molecule has 0 saturated carbocycles. The summed E-state index contributed by atoms with van der Waals surface area (Å²) in [5.74, 6) is 0.379. The van der Waals surface area contributed by atoms with Gasteiger partial charge in [-0.3, -0.25) is 4.98 Å². The summed E-state index contributed by atoms with van der Waals surface area (Å²) >= 11 is 0. The second kappa shape index (κ2) is 8.73. The van der Waals surface area contributed by atoms with Crippen molar-refractivity contribution in [1.82, 2.24) is 19.9 Å². The monoisotopic (exact) mass is 422 g/mol. The fraction of sp³-hybridized carbons (Fsp3) is 0.364. The minimum atomic E-state index is -0.460. The molecule has 1 aliphatic rings. The van der Waals surface area contributed by atoms with E-state index >= 15 is 0 Å². The first-order chi connectivity index (χ1) is 14.9. The van der Waals surface area contributed by atoms with Gasteiger partial charge in [0.1, 0.15) is 12.2 Å². The van der Waals surface area contributed by atoms with E-state index in [1.165, 1.54) is 0 Å². The molecule has 9 heteroatoms. The molecular weight excluding hydrogens is 396 g/mol. The number of nitrogens with two attached hydrogens (primary N) is 1. The van der Waals surface area contributed by atoms with E-state index in [0.717, 1.165) is 16.9 Å². The van der Waals surface area contributed by atoms with Crippen LogP contribution in [0.1, 0.15) is 6.92 Å². The van der Waals surface area contributed by atoms with Crippen LogP contribution in [-0.4, -0.2) is 71.9 Å². The highest BCUT2D eigenvalue weighted by molar-refractivity contribution is 5.83. The molecule has 1 aromatic carbocycles. The molecule has 31 heavy (non-hydrogen) atoms. The Kier molecular flexibility index (Phi) is 5.85. The highest BCUT2D eigenvalue weighted by Gasteiger charge is 2.29. The van der Waals surface area contributed by atoms with Crippen LogP contribution in [0, 0.1) is 0 Å². The van der Waals surface area contributed by atoms with E-state index in [9.17, 15) is 4.79 Å². The number of nitrogens with zero attached hydrogens (tertiary/aromatic N) is 5. The number of fused-ring (bicyclic) bond motifs is 1. The van der Waals surface area contributed by atoms with Crippen molar-refractivity contribution in [1.29, 1.82) is 0 Å². The minimum absolute atomic E-state index is 0.321. The second-order valence-electron chi connectivity index (χ2n) is 7.69. The van der Waals surface area contributed by atoms with Crippen molar-refractivity contribution in [3.63, 3.8) is 0 Å². The maximum absolute atomic E-state index is 11.5. The first kappa shape index (κ1) is 20.8. The molecule has 1 aliphatic heterocycles. The minimum Gasteiger partial charge on any atom is -0.470 e. The molecule has 3 heterocycles. The number of amides is 2. The molecule has 2 amide bonds. The van der Waals surface area contributed by atoms with Crippen molar-refractivity contribution >= 4 is 22.8 Å². The Balaban J connectivity index is 1.64. The molecule has 3 aromatic rings. The lowest BCUT2D eigenvalue weighted by Gasteiger charge is -2.34. The number of anilines is 1. The fourth-order valence-electron chi connectivity index (χ4n) is 3.52. The Morgan fingerprint density at radius 3 is 2.71 bits per heavy atom. The number of carbonyl (C=O) groups is 1. The molecular formula is C22H26N6O3. The topological polar surface area (TPSA) is 107 Å². The van der Waals surface area contributed by atoms with E-state index in [1.807, 2.05) is 56.3 Å². The zero-order chi connectivity index (χ0) is 22.0. The Bertz CT molecular complexity index is 1070. The van der Waals surface area contributed by atoms with Gasteiger partial charge >= 0.3 is 6.03 Å². The van der Waals surface area contributed by atoms with Crippen molar-refractivity contribution in [2.75, 3.05) is 38.7 Å². The van der Waals surface area contributed by atoms with Crippen molar-refractivity contribution in [3.05, 3.63) is 42.7 Å². The molecule has 2 N–H and O–H groups in total. The van der Waals surface area contributed by atoms with Crippen LogP contribution >= 0.6 is 0 Å². The Morgan fingerprint density at radius 1 is 1.26 bits per heavy atom. The summed E-state index contributed by atoms with van der Waals surface area (Å²) < 4.78 is 12.0. The van der Waals surface area contributed by atoms with Crippen LogP contribution in [0.2, 0.25) is 0 Å². The summed E-state index contributed by atoms with van der Waals surface area (Å²) in [5, 5.41) is 0. The number of morpholine rings is 1. The van der Waals surface area contributed by atoms with Crippen LogP contribution in [0.5, 0.6) is 5.88 Å². The van der Waals surface area contributed by atoms with E-state index < -0.39 is 6.03 Å². The number of rotatable bonds is 5. The molecule has 9 nitrogen and oxygen atoms in total. The number of pyridine rings is 1.